The average molecular weight is 276 g/mol. The molecule has 0 fully saturated rings. The third-order valence-electron chi connectivity index (χ3n) is 3.97. The summed E-state index contributed by atoms with van der Waals surface area (Å²) in [7, 11) is 3.81. The lowest BCUT2D eigenvalue weighted by Gasteiger charge is -2.32. The average Bonchev–Trinajstić information content (AvgIpc) is 2.77. The molecule has 0 amide bonds. The summed E-state index contributed by atoms with van der Waals surface area (Å²) < 4.78 is 11.1. The fourth-order valence-electron chi connectivity index (χ4n) is 2.76. The normalized spacial score (nSPS) is 14.9. The van der Waals surface area contributed by atoms with E-state index in [2.05, 4.69) is 24.9 Å². The van der Waals surface area contributed by atoms with E-state index in [1.165, 1.54) is 5.56 Å². The third-order valence-corrected chi connectivity index (χ3v) is 3.97. The number of rotatable bonds is 6. The van der Waals surface area contributed by atoms with Crippen LogP contribution in [0.3, 0.4) is 0 Å². The minimum Gasteiger partial charge on any atom is -0.461 e. The fraction of sp³-hybridized carbons (Fsp3) is 0.500. The smallest absolute Gasteiger partial charge is 0.134 e. The summed E-state index contributed by atoms with van der Waals surface area (Å²) in [4.78, 5) is 2.26. The Balaban J connectivity index is 2.41. The molecule has 2 aromatic rings. The van der Waals surface area contributed by atoms with Crippen LogP contribution in [0, 0.1) is 6.92 Å². The summed E-state index contributed by atoms with van der Waals surface area (Å²) in [6.45, 7) is 5.38. The van der Waals surface area contributed by atoms with Crippen LogP contribution >= 0.6 is 0 Å². The van der Waals surface area contributed by atoms with E-state index >= 15 is 0 Å². The number of benzene rings is 1. The number of nitrogens with zero attached hydrogens (tertiary/aromatic N) is 1. The maximum atomic E-state index is 6.03. The summed E-state index contributed by atoms with van der Waals surface area (Å²) in [5.41, 5.74) is 8.15. The zero-order valence-electron chi connectivity index (χ0n) is 12.7. The van der Waals surface area contributed by atoms with Crippen LogP contribution in [0.2, 0.25) is 0 Å². The summed E-state index contributed by atoms with van der Waals surface area (Å²) in [5.74, 6) is 0.943. The van der Waals surface area contributed by atoms with Crippen LogP contribution in [0.4, 0.5) is 0 Å². The lowest BCUT2D eigenvalue weighted by Crippen LogP contribution is -2.39. The predicted molar refractivity (Wildman–Crippen MR) is 81.8 cm³/mol. The Bertz CT molecular complexity index is 565. The van der Waals surface area contributed by atoms with Crippen LogP contribution in [-0.2, 0) is 4.74 Å². The quantitative estimate of drug-likeness (QED) is 0.881. The first-order valence-electron chi connectivity index (χ1n) is 6.99. The number of furan rings is 1. The predicted octanol–water partition coefficient (Wildman–Crippen LogP) is 2.71. The molecule has 0 aliphatic rings. The molecule has 0 saturated carbocycles. The molecule has 1 aromatic carbocycles. The molecule has 2 unspecified atom stereocenters. The van der Waals surface area contributed by atoms with Crippen molar-refractivity contribution < 1.29 is 9.15 Å². The van der Waals surface area contributed by atoms with Gasteiger partial charge < -0.3 is 14.9 Å². The lowest BCUT2D eigenvalue weighted by atomic mass is 10.0. The Morgan fingerprint density at radius 1 is 1.35 bits per heavy atom. The maximum absolute atomic E-state index is 6.03. The Morgan fingerprint density at radius 2 is 2.05 bits per heavy atom. The standard InChI is InChI=1S/C16H24N2O2/c1-11(10-19-4)18(3)14(9-17)16-12(2)20-15-8-6-5-7-13(15)16/h5-8,11,14H,9-10,17H2,1-4H3. The molecule has 4 heteroatoms. The molecule has 0 spiro atoms. The van der Waals surface area contributed by atoms with Crippen molar-refractivity contribution in [3.63, 3.8) is 0 Å². The first-order chi connectivity index (χ1) is 9.60. The molecule has 1 aromatic heterocycles. The first-order valence-corrected chi connectivity index (χ1v) is 6.99. The lowest BCUT2D eigenvalue weighted by molar-refractivity contribution is 0.0909. The van der Waals surface area contributed by atoms with E-state index in [0.717, 1.165) is 16.7 Å². The second-order valence-electron chi connectivity index (χ2n) is 5.29. The zero-order chi connectivity index (χ0) is 14.7. The second-order valence-corrected chi connectivity index (χ2v) is 5.29. The largest absolute Gasteiger partial charge is 0.461 e. The minimum absolute atomic E-state index is 0.129. The highest BCUT2D eigenvalue weighted by Gasteiger charge is 2.25. The van der Waals surface area contributed by atoms with Crippen molar-refractivity contribution in [1.82, 2.24) is 4.90 Å². The van der Waals surface area contributed by atoms with Gasteiger partial charge in [0, 0.05) is 30.6 Å². The summed E-state index contributed by atoms with van der Waals surface area (Å²) in [6, 6.07) is 8.54. The van der Waals surface area contributed by atoms with Crippen LogP contribution in [-0.4, -0.2) is 38.3 Å². The van der Waals surface area contributed by atoms with Crippen LogP contribution in [0.15, 0.2) is 28.7 Å². The molecule has 20 heavy (non-hydrogen) atoms. The van der Waals surface area contributed by atoms with Gasteiger partial charge in [0.25, 0.3) is 0 Å². The van der Waals surface area contributed by atoms with Crippen molar-refractivity contribution in [2.45, 2.75) is 25.9 Å². The van der Waals surface area contributed by atoms with Gasteiger partial charge in [0.1, 0.15) is 11.3 Å². The molecule has 110 valence electrons. The van der Waals surface area contributed by atoms with E-state index in [4.69, 9.17) is 14.9 Å². The molecule has 0 radical (unpaired) electrons. The van der Waals surface area contributed by atoms with Crippen LogP contribution < -0.4 is 5.73 Å². The highest BCUT2D eigenvalue weighted by Crippen LogP contribution is 2.33. The molecule has 0 aliphatic heterocycles. The molecule has 1 heterocycles. The van der Waals surface area contributed by atoms with Gasteiger partial charge in [0.15, 0.2) is 0 Å². The van der Waals surface area contributed by atoms with E-state index in [1.807, 2.05) is 25.1 Å². The zero-order valence-corrected chi connectivity index (χ0v) is 12.7. The molecule has 2 N–H and O–H groups in total. The van der Waals surface area contributed by atoms with E-state index in [9.17, 15) is 0 Å². The van der Waals surface area contributed by atoms with Gasteiger partial charge in [-0.15, -0.1) is 0 Å². The first kappa shape index (κ1) is 15.0. The van der Waals surface area contributed by atoms with Crippen LogP contribution in [0.25, 0.3) is 11.0 Å². The van der Waals surface area contributed by atoms with Crippen molar-refractivity contribution in [3.05, 3.63) is 35.6 Å². The van der Waals surface area contributed by atoms with Gasteiger partial charge in [0.05, 0.1) is 12.6 Å². The fourth-order valence-corrected chi connectivity index (χ4v) is 2.76. The highest BCUT2D eigenvalue weighted by atomic mass is 16.5. The highest BCUT2D eigenvalue weighted by molar-refractivity contribution is 5.82. The summed E-state index contributed by atoms with van der Waals surface area (Å²) >= 11 is 0. The SMILES string of the molecule is COCC(C)N(C)C(CN)c1c(C)oc2ccccc12. The molecular formula is C16H24N2O2. The molecule has 0 bridgehead atoms. The topological polar surface area (TPSA) is 51.6 Å². The number of para-hydroxylation sites is 1. The van der Waals surface area contributed by atoms with E-state index in [-0.39, 0.29) is 6.04 Å². The van der Waals surface area contributed by atoms with Crippen molar-refractivity contribution in [2.24, 2.45) is 5.73 Å². The Labute approximate surface area is 120 Å². The van der Waals surface area contributed by atoms with Crippen LogP contribution in [0.1, 0.15) is 24.3 Å². The van der Waals surface area contributed by atoms with Gasteiger partial charge in [0.2, 0.25) is 0 Å². The number of likely N-dealkylation sites (N-methyl/N-ethyl adjacent to an activating group) is 1. The number of ether oxygens (including phenoxy) is 1. The molecule has 0 aliphatic carbocycles. The molecule has 0 saturated heterocycles. The van der Waals surface area contributed by atoms with Gasteiger partial charge in [-0.3, -0.25) is 4.90 Å². The number of methoxy groups -OCH3 is 1. The van der Waals surface area contributed by atoms with Crippen molar-refractivity contribution in [3.8, 4) is 0 Å². The molecule has 2 atom stereocenters. The number of hydrogen-bond acceptors (Lipinski definition) is 4. The molecule has 2 rings (SSSR count). The number of fused-ring (bicyclic) bond motifs is 1. The summed E-state index contributed by atoms with van der Waals surface area (Å²) in [6.07, 6.45) is 0. The monoisotopic (exact) mass is 276 g/mol. The van der Waals surface area contributed by atoms with E-state index in [0.29, 0.717) is 19.2 Å². The number of aryl methyl sites for hydroxylation is 1. The molecule has 4 nitrogen and oxygen atoms in total. The number of hydrogen-bond donors (Lipinski definition) is 1. The van der Waals surface area contributed by atoms with Crippen molar-refractivity contribution in [1.29, 1.82) is 0 Å². The van der Waals surface area contributed by atoms with E-state index in [1.54, 1.807) is 7.11 Å². The van der Waals surface area contributed by atoms with Gasteiger partial charge in [-0.2, -0.15) is 0 Å². The van der Waals surface area contributed by atoms with Gasteiger partial charge in [-0.05, 0) is 27.0 Å². The van der Waals surface area contributed by atoms with Gasteiger partial charge >= 0.3 is 0 Å². The Morgan fingerprint density at radius 3 is 2.70 bits per heavy atom. The Hall–Kier alpha value is -1.36. The Kier molecular flexibility index (Phi) is 4.81. The second kappa shape index (κ2) is 6.39. The van der Waals surface area contributed by atoms with Gasteiger partial charge in [-0.25, -0.2) is 0 Å². The van der Waals surface area contributed by atoms with Crippen molar-refractivity contribution >= 4 is 11.0 Å². The third kappa shape index (κ3) is 2.73. The van der Waals surface area contributed by atoms with Crippen LogP contribution in [0.5, 0.6) is 0 Å². The number of nitrogens with two attached hydrogens (primary N) is 1. The van der Waals surface area contributed by atoms with E-state index < -0.39 is 0 Å². The summed E-state index contributed by atoms with van der Waals surface area (Å²) in [5, 5.41) is 1.15. The maximum Gasteiger partial charge on any atom is 0.134 e. The van der Waals surface area contributed by atoms with Gasteiger partial charge in [-0.1, -0.05) is 18.2 Å². The van der Waals surface area contributed by atoms with Crippen molar-refractivity contribution in [2.75, 3.05) is 27.3 Å². The molecular weight excluding hydrogens is 252 g/mol. The minimum atomic E-state index is 0.129.